The summed E-state index contributed by atoms with van der Waals surface area (Å²) in [6, 6.07) is 11.0. The smallest absolute Gasteiger partial charge is 0.245 e. The molecule has 1 unspecified atom stereocenters. The van der Waals surface area contributed by atoms with E-state index in [-0.39, 0.29) is 21.6 Å². The van der Waals surface area contributed by atoms with E-state index in [0.29, 0.717) is 13.0 Å². The van der Waals surface area contributed by atoms with Crippen LogP contribution in [0, 0.1) is 6.92 Å². The molecule has 1 amide bonds. The molecular weight excluding hydrogens is 376 g/mol. The topological polar surface area (TPSA) is 75.7 Å². The highest BCUT2D eigenvalue weighted by atomic mass is 35.5. The van der Waals surface area contributed by atoms with Crippen LogP contribution in [0.3, 0.4) is 0 Å². The van der Waals surface area contributed by atoms with Crippen molar-refractivity contribution < 1.29 is 17.9 Å². The Morgan fingerprint density at radius 1 is 1.19 bits per heavy atom. The predicted molar refractivity (Wildman–Crippen MR) is 100 cm³/mol. The second-order valence-corrected chi connectivity index (χ2v) is 8.20. The fraction of sp³-hybridized carbons (Fsp3) is 0.278. The van der Waals surface area contributed by atoms with Gasteiger partial charge in [0.25, 0.3) is 0 Å². The van der Waals surface area contributed by atoms with Gasteiger partial charge >= 0.3 is 0 Å². The van der Waals surface area contributed by atoms with Gasteiger partial charge < -0.3 is 9.64 Å². The molecule has 0 aliphatic carbocycles. The van der Waals surface area contributed by atoms with Gasteiger partial charge in [0.05, 0.1) is 7.11 Å². The van der Waals surface area contributed by atoms with Crippen LogP contribution in [0.25, 0.3) is 0 Å². The van der Waals surface area contributed by atoms with Gasteiger partial charge in [0.1, 0.15) is 16.7 Å². The second kappa shape index (κ2) is 7.26. The molecule has 26 heavy (non-hydrogen) atoms. The highest BCUT2D eigenvalue weighted by molar-refractivity contribution is 7.89. The molecular formula is C18H19ClN2O4S. The molecule has 0 saturated carbocycles. The highest BCUT2D eigenvalue weighted by Gasteiger charge is 2.36. The van der Waals surface area contributed by atoms with Crippen LogP contribution in [0.15, 0.2) is 47.4 Å². The monoisotopic (exact) mass is 394 g/mol. The number of hydrogen-bond acceptors (Lipinski definition) is 4. The quantitative estimate of drug-likeness (QED) is 0.846. The third-order valence-corrected chi connectivity index (χ3v) is 5.99. The van der Waals surface area contributed by atoms with Crippen molar-refractivity contribution in [2.45, 2.75) is 24.3 Å². The Morgan fingerprint density at radius 3 is 2.54 bits per heavy atom. The maximum atomic E-state index is 12.7. The third kappa shape index (κ3) is 3.70. The molecule has 6 nitrogen and oxygen atoms in total. The molecule has 3 rings (SSSR count). The first kappa shape index (κ1) is 18.7. The number of amides is 1. The number of ether oxygens (including phenoxy) is 1. The van der Waals surface area contributed by atoms with Gasteiger partial charge in [-0.05, 0) is 43.7 Å². The van der Waals surface area contributed by atoms with Gasteiger partial charge in [-0.2, -0.15) is 4.72 Å². The maximum Gasteiger partial charge on any atom is 0.245 e. The van der Waals surface area contributed by atoms with Crippen molar-refractivity contribution in [3.8, 4) is 5.75 Å². The summed E-state index contributed by atoms with van der Waals surface area (Å²) in [7, 11) is -2.58. The molecule has 1 aliphatic rings. The van der Waals surface area contributed by atoms with Crippen molar-refractivity contribution in [3.63, 3.8) is 0 Å². The molecule has 8 heteroatoms. The molecule has 0 radical (unpaired) electrons. The lowest BCUT2D eigenvalue weighted by Gasteiger charge is -2.18. The predicted octanol–water partition coefficient (Wildman–Crippen LogP) is 2.74. The van der Waals surface area contributed by atoms with E-state index in [1.807, 2.05) is 31.2 Å². The Hall–Kier alpha value is -2.09. The lowest BCUT2D eigenvalue weighted by atomic mass is 10.2. The fourth-order valence-electron chi connectivity index (χ4n) is 2.88. The van der Waals surface area contributed by atoms with E-state index in [0.717, 1.165) is 11.3 Å². The van der Waals surface area contributed by atoms with Crippen LogP contribution in [0.4, 0.5) is 5.69 Å². The molecule has 1 atom stereocenters. The van der Waals surface area contributed by atoms with E-state index in [2.05, 4.69) is 4.72 Å². The molecule has 138 valence electrons. The number of nitrogens with one attached hydrogen (secondary N) is 1. The number of nitrogens with zero attached hydrogens (tertiary/aromatic N) is 1. The average molecular weight is 395 g/mol. The summed E-state index contributed by atoms with van der Waals surface area (Å²) < 4.78 is 33.0. The molecule has 1 saturated heterocycles. The van der Waals surface area contributed by atoms with Crippen molar-refractivity contribution in [1.82, 2.24) is 4.72 Å². The fourth-order valence-corrected chi connectivity index (χ4v) is 4.54. The number of benzene rings is 2. The Balaban J connectivity index is 1.82. The minimum atomic E-state index is -3.96. The molecule has 1 N–H and O–H groups in total. The Labute approximate surface area is 157 Å². The summed E-state index contributed by atoms with van der Waals surface area (Å²) in [5.41, 5.74) is 1.84. The first-order chi connectivity index (χ1) is 12.3. The van der Waals surface area contributed by atoms with Gasteiger partial charge in [-0.25, -0.2) is 8.42 Å². The number of methoxy groups -OCH3 is 1. The van der Waals surface area contributed by atoms with E-state index in [1.165, 1.54) is 19.2 Å². The zero-order chi connectivity index (χ0) is 18.9. The van der Waals surface area contributed by atoms with Gasteiger partial charge in [-0.15, -0.1) is 0 Å². The minimum Gasteiger partial charge on any atom is -0.495 e. The van der Waals surface area contributed by atoms with Gasteiger partial charge in [-0.1, -0.05) is 29.3 Å². The minimum absolute atomic E-state index is 0.0888. The van der Waals surface area contributed by atoms with E-state index < -0.39 is 16.1 Å². The molecule has 2 aromatic carbocycles. The van der Waals surface area contributed by atoms with Crippen LogP contribution in [0.2, 0.25) is 5.02 Å². The Morgan fingerprint density at radius 2 is 1.88 bits per heavy atom. The van der Waals surface area contributed by atoms with Crippen LogP contribution in [0.5, 0.6) is 5.75 Å². The molecule has 1 aliphatic heterocycles. The van der Waals surface area contributed by atoms with Crippen molar-refractivity contribution >= 4 is 33.2 Å². The lowest BCUT2D eigenvalue weighted by molar-refractivity contribution is -0.118. The van der Waals surface area contributed by atoms with Crippen molar-refractivity contribution in [2.75, 3.05) is 18.6 Å². The average Bonchev–Trinajstić information content (AvgIpc) is 2.96. The summed E-state index contributed by atoms with van der Waals surface area (Å²) >= 11 is 5.92. The summed E-state index contributed by atoms with van der Waals surface area (Å²) in [6.45, 7) is 2.41. The van der Waals surface area contributed by atoms with Crippen LogP contribution < -0.4 is 14.4 Å². The zero-order valence-corrected chi connectivity index (χ0v) is 16.0. The first-order valence-corrected chi connectivity index (χ1v) is 9.92. The number of carbonyl (C=O) groups is 1. The Kier molecular flexibility index (Phi) is 5.22. The summed E-state index contributed by atoms with van der Waals surface area (Å²) in [4.78, 5) is 14.2. The molecule has 0 spiro atoms. The molecule has 2 aromatic rings. The van der Waals surface area contributed by atoms with Crippen LogP contribution >= 0.6 is 11.6 Å². The van der Waals surface area contributed by atoms with E-state index in [1.54, 1.807) is 11.0 Å². The van der Waals surface area contributed by atoms with Gasteiger partial charge in [0.15, 0.2) is 0 Å². The van der Waals surface area contributed by atoms with Crippen molar-refractivity contribution in [1.29, 1.82) is 0 Å². The van der Waals surface area contributed by atoms with Crippen LogP contribution in [0.1, 0.15) is 12.0 Å². The standard InChI is InChI=1S/C18H19ClN2O4S/c1-12-3-6-14(7-4-12)21-10-9-15(18(21)22)20-26(23,24)17-11-13(19)5-8-16(17)25-2/h3-8,11,15,20H,9-10H2,1-2H3. The van der Waals surface area contributed by atoms with Gasteiger partial charge in [0, 0.05) is 17.3 Å². The first-order valence-electron chi connectivity index (χ1n) is 8.06. The number of rotatable bonds is 5. The number of carbonyl (C=O) groups excluding carboxylic acids is 1. The molecule has 0 aromatic heterocycles. The summed E-state index contributed by atoms with van der Waals surface area (Å²) in [5.74, 6) is -0.110. The van der Waals surface area contributed by atoms with E-state index in [4.69, 9.17) is 16.3 Å². The van der Waals surface area contributed by atoms with E-state index in [9.17, 15) is 13.2 Å². The largest absolute Gasteiger partial charge is 0.495 e. The maximum absolute atomic E-state index is 12.7. The summed E-state index contributed by atoms with van der Waals surface area (Å²) in [5, 5.41) is 0.269. The number of sulfonamides is 1. The van der Waals surface area contributed by atoms with Crippen LogP contribution in [-0.2, 0) is 14.8 Å². The second-order valence-electron chi connectivity index (χ2n) is 6.08. The van der Waals surface area contributed by atoms with Crippen LogP contribution in [-0.4, -0.2) is 34.0 Å². The molecule has 1 fully saturated rings. The SMILES string of the molecule is COc1ccc(Cl)cc1S(=O)(=O)NC1CCN(c2ccc(C)cc2)C1=O. The zero-order valence-electron chi connectivity index (χ0n) is 14.4. The molecule has 0 bridgehead atoms. The number of aryl methyl sites for hydroxylation is 1. The number of hydrogen-bond donors (Lipinski definition) is 1. The third-order valence-electron chi connectivity index (χ3n) is 4.26. The Bertz CT molecular complexity index is 929. The van der Waals surface area contributed by atoms with E-state index >= 15 is 0 Å². The normalized spacial score (nSPS) is 17.6. The number of halogens is 1. The van der Waals surface area contributed by atoms with Crippen molar-refractivity contribution in [2.24, 2.45) is 0 Å². The number of anilines is 1. The van der Waals surface area contributed by atoms with Gasteiger partial charge in [-0.3, -0.25) is 4.79 Å². The highest BCUT2D eigenvalue weighted by Crippen LogP contribution is 2.28. The van der Waals surface area contributed by atoms with Gasteiger partial charge in [0.2, 0.25) is 15.9 Å². The summed E-state index contributed by atoms with van der Waals surface area (Å²) in [6.07, 6.45) is 0.384. The molecule has 1 heterocycles. The lowest BCUT2D eigenvalue weighted by Crippen LogP contribution is -2.41. The van der Waals surface area contributed by atoms with Crippen molar-refractivity contribution in [3.05, 3.63) is 53.1 Å².